The van der Waals surface area contributed by atoms with Gasteiger partial charge < -0.3 is 10.4 Å². The predicted octanol–water partition coefficient (Wildman–Crippen LogP) is 2.03. The van der Waals surface area contributed by atoms with Crippen LogP contribution in [0.4, 0.5) is 0 Å². The molecule has 0 aromatic carbocycles. The molecule has 0 heterocycles. The molecule has 0 aromatic rings. The summed E-state index contributed by atoms with van der Waals surface area (Å²) in [6.07, 6.45) is 2.03. The fourth-order valence-corrected chi connectivity index (χ4v) is 1.59. The third-order valence-corrected chi connectivity index (χ3v) is 3.19. The number of rotatable bonds is 6. The van der Waals surface area contributed by atoms with Gasteiger partial charge in [0.05, 0.1) is 6.10 Å². The third-order valence-electron chi connectivity index (χ3n) is 3.19. The van der Waals surface area contributed by atoms with Gasteiger partial charge >= 0.3 is 0 Å². The van der Waals surface area contributed by atoms with Crippen molar-refractivity contribution in [3.05, 3.63) is 0 Å². The largest absolute Gasteiger partial charge is 0.392 e. The smallest absolute Gasteiger partial charge is 0.0665 e. The molecule has 0 bridgehead atoms. The molecule has 0 aliphatic carbocycles. The number of hydrogen-bond donors (Lipinski definition) is 2. The molecule has 0 saturated carbocycles. The van der Waals surface area contributed by atoms with Crippen LogP contribution in [-0.4, -0.2) is 24.3 Å². The first-order chi connectivity index (χ1) is 6.02. The standard InChI is InChI=1S/C11H25NO/c1-6-8(2)9(3)7-11(12-5)10(4)13/h8-13H,6-7H2,1-5H3. The van der Waals surface area contributed by atoms with Crippen LogP contribution in [0.15, 0.2) is 0 Å². The van der Waals surface area contributed by atoms with E-state index in [1.54, 1.807) is 0 Å². The molecule has 2 nitrogen and oxygen atoms in total. The lowest BCUT2D eigenvalue weighted by Crippen LogP contribution is -2.37. The van der Waals surface area contributed by atoms with Crippen molar-refractivity contribution in [3.63, 3.8) is 0 Å². The Morgan fingerprint density at radius 1 is 1.15 bits per heavy atom. The summed E-state index contributed by atoms with van der Waals surface area (Å²) < 4.78 is 0. The van der Waals surface area contributed by atoms with Crippen LogP contribution < -0.4 is 5.32 Å². The fourth-order valence-electron chi connectivity index (χ4n) is 1.59. The molecule has 0 aromatic heterocycles. The number of aliphatic hydroxyl groups is 1. The van der Waals surface area contributed by atoms with E-state index in [0.717, 1.165) is 12.3 Å². The van der Waals surface area contributed by atoms with Gasteiger partial charge in [0.1, 0.15) is 0 Å². The summed E-state index contributed by atoms with van der Waals surface area (Å²) in [5, 5.41) is 12.6. The van der Waals surface area contributed by atoms with Gasteiger partial charge in [-0.1, -0.05) is 27.2 Å². The van der Waals surface area contributed by atoms with Crippen molar-refractivity contribution in [1.82, 2.24) is 5.32 Å². The lowest BCUT2D eigenvalue weighted by molar-refractivity contribution is 0.129. The van der Waals surface area contributed by atoms with Gasteiger partial charge in [0.25, 0.3) is 0 Å². The summed E-state index contributed by atoms with van der Waals surface area (Å²) in [4.78, 5) is 0. The molecule has 80 valence electrons. The topological polar surface area (TPSA) is 32.3 Å². The normalized spacial score (nSPS) is 20.8. The highest BCUT2D eigenvalue weighted by Crippen LogP contribution is 2.20. The molecule has 0 spiro atoms. The van der Waals surface area contributed by atoms with E-state index in [-0.39, 0.29) is 12.1 Å². The van der Waals surface area contributed by atoms with Crippen LogP contribution in [0.2, 0.25) is 0 Å². The van der Waals surface area contributed by atoms with Gasteiger partial charge in [-0.05, 0) is 32.2 Å². The maximum Gasteiger partial charge on any atom is 0.0665 e. The third kappa shape index (κ3) is 4.63. The quantitative estimate of drug-likeness (QED) is 0.667. The highest BCUT2D eigenvalue weighted by Gasteiger charge is 2.18. The number of likely N-dealkylation sites (N-methyl/N-ethyl adjacent to an activating group) is 1. The first-order valence-electron chi connectivity index (χ1n) is 5.38. The average Bonchev–Trinajstić information content (AvgIpc) is 2.11. The van der Waals surface area contributed by atoms with Crippen molar-refractivity contribution < 1.29 is 5.11 Å². The molecule has 13 heavy (non-hydrogen) atoms. The molecule has 0 rings (SSSR count). The highest BCUT2D eigenvalue weighted by molar-refractivity contribution is 4.75. The van der Waals surface area contributed by atoms with Crippen LogP contribution in [0.5, 0.6) is 0 Å². The van der Waals surface area contributed by atoms with E-state index in [4.69, 9.17) is 0 Å². The lowest BCUT2D eigenvalue weighted by atomic mass is 9.87. The van der Waals surface area contributed by atoms with Gasteiger partial charge in [0.2, 0.25) is 0 Å². The summed E-state index contributed by atoms with van der Waals surface area (Å²) in [6.45, 7) is 8.61. The van der Waals surface area contributed by atoms with Crippen molar-refractivity contribution in [3.8, 4) is 0 Å². The second-order valence-corrected chi connectivity index (χ2v) is 4.23. The molecular weight excluding hydrogens is 162 g/mol. The van der Waals surface area contributed by atoms with E-state index in [1.807, 2.05) is 14.0 Å². The van der Waals surface area contributed by atoms with E-state index in [0.29, 0.717) is 5.92 Å². The highest BCUT2D eigenvalue weighted by atomic mass is 16.3. The van der Waals surface area contributed by atoms with Crippen molar-refractivity contribution >= 4 is 0 Å². The summed E-state index contributed by atoms with van der Waals surface area (Å²) in [7, 11) is 1.92. The Morgan fingerprint density at radius 3 is 2.00 bits per heavy atom. The van der Waals surface area contributed by atoms with E-state index in [1.165, 1.54) is 6.42 Å². The zero-order chi connectivity index (χ0) is 10.4. The summed E-state index contributed by atoms with van der Waals surface area (Å²) >= 11 is 0. The van der Waals surface area contributed by atoms with Gasteiger partial charge in [0.15, 0.2) is 0 Å². The monoisotopic (exact) mass is 187 g/mol. The van der Waals surface area contributed by atoms with Crippen LogP contribution in [0, 0.1) is 11.8 Å². The second kappa shape index (κ2) is 6.39. The van der Waals surface area contributed by atoms with Crippen molar-refractivity contribution in [2.45, 2.75) is 52.7 Å². The molecule has 0 aliphatic heterocycles. The maximum absolute atomic E-state index is 9.45. The number of nitrogens with one attached hydrogen (secondary N) is 1. The van der Waals surface area contributed by atoms with Gasteiger partial charge in [-0.3, -0.25) is 0 Å². The minimum absolute atomic E-state index is 0.240. The minimum atomic E-state index is -0.253. The molecule has 2 N–H and O–H groups in total. The van der Waals surface area contributed by atoms with Gasteiger partial charge in [-0.25, -0.2) is 0 Å². The van der Waals surface area contributed by atoms with Crippen LogP contribution in [0.1, 0.15) is 40.5 Å². The second-order valence-electron chi connectivity index (χ2n) is 4.23. The number of hydrogen-bond acceptors (Lipinski definition) is 2. The minimum Gasteiger partial charge on any atom is -0.392 e. The molecule has 2 heteroatoms. The Hall–Kier alpha value is -0.0800. The zero-order valence-corrected chi connectivity index (χ0v) is 9.67. The molecular formula is C11H25NO. The number of aliphatic hydroxyl groups excluding tert-OH is 1. The first-order valence-corrected chi connectivity index (χ1v) is 5.38. The predicted molar refractivity (Wildman–Crippen MR) is 57.8 cm³/mol. The van der Waals surface area contributed by atoms with Gasteiger partial charge in [-0.15, -0.1) is 0 Å². The molecule has 0 amide bonds. The van der Waals surface area contributed by atoms with E-state index < -0.39 is 0 Å². The Bertz CT molecular complexity index is 125. The Kier molecular flexibility index (Phi) is 6.35. The average molecular weight is 187 g/mol. The van der Waals surface area contributed by atoms with E-state index >= 15 is 0 Å². The van der Waals surface area contributed by atoms with E-state index in [2.05, 4.69) is 26.1 Å². The summed E-state index contributed by atoms with van der Waals surface area (Å²) in [5.74, 6) is 1.42. The Balaban J connectivity index is 3.93. The van der Waals surface area contributed by atoms with Gasteiger partial charge in [-0.2, -0.15) is 0 Å². The SMILES string of the molecule is CCC(C)C(C)CC(NC)C(C)O. The molecule has 0 fully saturated rings. The van der Waals surface area contributed by atoms with Crippen LogP contribution in [-0.2, 0) is 0 Å². The molecule has 4 atom stereocenters. The zero-order valence-electron chi connectivity index (χ0n) is 9.67. The lowest BCUT2D eigenvalue weighted by Gasteiger charge is -2.26. The van der Waals surface area contributed by atoms with Crippen molar-refractivity contribution in [2.24, 2.45) is 11.8 Å². The van der Waals surface area contributed by atoms with Crippen molar-refractivity contribution in [2.75, 3.05) is 7.05 Å². The van der Waals surface area contributed by atoms with E-state index in [9.17, 15) is 5.11 Å². The van der Waals surface area contributed by atoms with Crippen LogP contribution >= 0.6 is 0 Å². The summed E-state index contributed by atoms with van der Waals surface area (Å²) in [5.41, 5.74) is 0. The van der Waals surface area contributed by atoms with Crippen LogP contribution in [0.25, 0.3) is 0 Å². The van der Waals surface area contributed by atoms with Crippen molar-refractivity contribution in [1.29, 1.82) is 0 Å². The fraction of sp³-hybridized carbons (Fsp3) is 1.00. The van der Waals surface area contributed by atoms with Crippen LogP contribution in [0.3, 0.4) is 0 Å². The molecule has 4 unspecified atom stereocenters. The van der Waals surface area contributed by atoms with Gasteiger partial charge in [0, 0.05) is 6.04 Å². The maximum atomic E-state index is 9.45. The first kappa shape index (κ1) is 12.9. The molecule has 0 radical (unpaired) electrons. The molecule has 0 saturated heterocycles. The summed E-state index contributed by atoms with van der Waals surface area (Å²) in [6, 6.07) is 0.240. The molecule has 0 aliphatic rings. The Morgan fingerprint density at radius 2 is 1.69 bits per heavy atom. The Labute approximate surface area is 82.7 Å².